The summed E-state index contributed by atoms with van der Waals surface area (Å²) in [6.07, 6.45) is 1.46. The SMILES string of the molecule is CCn1cc(C(=O)N[C@H](C)CF)c(=O)c2cc(F)c(N3CCNCC3)cc21. The number of amides is 1. The molecule has 1 amide bonds. The Morgan fingerprint density at radius 2 is 2.04 bits per heavy atom. The number of carbonyl (C=O) groups excluding carboxylic acids is 1. The van der Waals surface area contributed by atoms with E-state index in [0.717, 1.165) is 13.1 Å². The normalized spacial score (nSPS) is 15.8. The highest BCUT2D eigenvalue weighted by atomic mass is 19.1. The third kappa shape index (κ3) is 3.80. The number of aryl methyl sites for hydroxylation is 1. The number of piperazine rings is 1. The fourth-order valence-corrected chi connectivity index (χ4v) is 3.31. The molecule has 1 saturated heterocycles. The highest BCUT2D eigenvalue weighted by molar-refractivity contribution is 5.98. The number of aromatic nitrogens is 1. The molecule has 3 rings (SSSR count). The summed E-state index contributed by atoms with van der Waals surface area (Å²) in [4.78, 5) is 27.1. The molecule has 1 fully saturated rings. The quantitative estimate of drug-likeness (QED) is 0.831. The van der Waals surface area contributed by atoms with Crippen molar-refractivity contribution in [1.82, 2.24) is 15.2 Å². The van der Waals surface area contributed by atoms with Gasteiger partial charge in [0.25, 0.3) is 5.91 Å². The maximum atomic E-state index is 14.8. The minimum atomic E-state index is -0.732. The fourth-order valence-electron chi connectivity index (χ4n) is 3.31. The first-order valence-electron chi connectivity index (χ1n) is 9.15. The second-order valence-electron chi connectivity index (χ2n) is 6.74. The largest absolute Gasteiger partial charge is 0.367 e. The first-order chi connectivity index (χ1) is 13.0. The van der Waals surface area contributed by atoms with Gasteiger partial charge in [0, 0.05) is 44.3 Å². The zero-order chi connectivity index (χ0) is 19.6. The van der Waals surface area contributed by atoms with Crippen LogP contribution >= 0.6 is 0 Å². The van der Waals surface area contributed by atoms with Crippen LogP contribution in [0.5, 0.6) is 0 Å². The van der Waals surface area contributed by atoms with Crippen molar-refractivity contribution in [2.45, 2.75) is 26.4 Å². The standard InChI is InChI=1S/C19H24F2N4O2/c1-3-24-11-14(19(27)23-12(2)10-20)18(26)13-8-15(21)17(9-16(13)24)25-6-4-22-5-7-25/h8-9,11-12,22H,3-7,10H2,1-2H3,(H,23,27)/t12-/m1/s1. The van der Waals surface area contributed by atoms with Crippen LogP contribution in [-0.4, -0.2) is 49.4 Å². The van der Waals surface area contributed by atoms with Crippen molar-refractivity contribution in [3.05, 3.63) is 39.9 Å². The minimum Gasteiger partial charge on any atom is -0.367 e. The second kappa shape index (κ2) is 8.04. The van der Waals surface area contributed by atoms with Gasteiger partial charge in [-0.15, -0.1) is 0 Å². The van der Waals surface area contributed by atoms with E-state index < -0.39 is 29.9 Å². The van der Waals surface area contributed by atoms with Gasteiger partial charge in [-0.3, -0.25) is 9.59 Å². The van der Waals surface area contributed by atoms with Gasteiger partial charge >= 0.3 is 0 Å². The van der Waals surface area contributed by atoms with Crippen molar-refractivity contribution >= 4 is 22.5 Å². The molecule has 1 aliphatic rings. The lowest BCUT2D eigenvalue weighted by Gasteiger charge is -2.30. The molecule has 6 nitrogen and oxygen atoms in total. The van der Waals surface area contributed by atoms with E-state index in [0.29, 0.717) is 30.8 Å². The van der Waals surface area contributed by atoms with Gasteiger partial charge in [0.1, 0.15) is 18.1 Å². The van der Waals surface area contributed by atoms with E-state index in [1.54, 1.807) is 10.6 Å². The molecule has 1 aromatic heterocycles. The van der Waals surface area contributed by atoms with Gasteiger partial charge < -0.3 is 20.1 Å². The molecule has 1 aromatic carbocycles. The van der Waals surface area contributed by atoms with Gasteiger partial charge in [-0.25, -0.2) is 8.78 Å². The summed E-state index contributed by atoms with van der Waals surface area (Å²) < 4.78 is 29.2. The summed E-state index contributed by atoms with van der Waals surface area (Å²) >= 11 is 0. The molecule has 27 heavy (non-hydrogen) atoms. The van der Waals surface area contributed by atoms with Crippen molar-refractivity contribution in [3.8, 4) is 0 Å². The van der Waals surface area contributed by atoms with E-state index in [1.165, 1.54) is 19.2 Å². The number of anilines is 1. The van der Waals surface area contributed by atoms with Crippen LogP contribution in [0, 0.1) is 5.82 Å². The molecule has 1 atom stereocenters. The summed E-state index contributed by atoms with van der Waals surface area (Å²) in [6.45, 7) is 6.06. The summed E-state index contributed by atoms with van der Waals surface area (Å²) in [5, 5.41) is 5.81. The zero-order valence-corrected chi connectivity index (χ0v) is 15.5. The van der Waals surface area contributed by atoms with Crippen LogP contribution < -0.4 is 21.0 Å². The molecule has 0 aliphatic carbocycles. The molecule has 1 aliphatic heterocycles. The number of pyridine rings is 1. The molecular weight excluding hydrogens is 354 g/mol. The van der Waals surface area contributed by atoms with Crippen LogP contribution in [0.15, 0.2) is 23.1 Å². The Hall–Kier alpha value is -2.48. The Morgan fingerprint density at radius 3 is 2.67 bits per heavy atom. The summed E-state index contributed by atoms with van der Waals surface area (Å²) in [7, 11) is 0. The van der Waals surface area contributed by atoms with Gasteiger partial charge in [-0.05, 0) is 26.0 Å². The number of carbonyl (C=O) groups is 1. The average Bonchev–Trinajstić information content (AvgIpc) is 2.68. The Labute approximate surface area is 156 Å². The molecule has 0 unspecified atom stereocenters. The first-order valence-corrected chi connectivity index (χ1v) is 9.15. The highest BCUT2D eigenvalue weighted by Gasteiger charge is 2.21. The first kappa shape index (κ1) is 19.3. The van der Waals surface area contributed by atoms with Gasteiger partial charge in [0.15, 0.2) is 0 Å². The molecule has 0 spiro atoms. The van der Waals surface area contributed by atoms with Crippen LogP contribution in [0.2, 0.25) is 0 Å². The van der Waals surface area contributed by atoms with E-state index in [9.17, 15) is 18.4 Å². The summed E-state index contributed by atoms with van der Waals surface area (Å²) in [6, 6.07) is 2.18. The number of hydrogen-bond acceptors (Lipinski definition) is 4. The van der Waals surface area contributed by atoms with E-state index in [-0.39, 0.29) is 10.9 Å². The number of halogens is 2. The number of benzene rings is 1. The Balaban J connectivity index is 2.11. The number of nitrogens with one attached hydrogen (secondary N) is 2. The van der Waals surface area contributed by atoms with Crippen molar-refractivity contribution < 1.29 is 13.6 Å². The third-order valence-corrected chi connectivity index (χ3v) is 4.80. The Kier molecular flexibility index (Phi) is 5.74. The average molecular weight is 378 g/mol. The Morgan fingerprint density at radius 1 is 1.33 bits per heavy atom. The van der Waals surface area contributed by atoms with Crippen LogP contribution in [0.1, 0.15) is 24.2 Å². The van der Waals surface area contributed by atoms with Crippen LogP contribution in [0.3, 0.4) is 0 Å². The molecule has 8 heteroatoms. The fraction of sp³-hybridized carbons (Fsp3) is 0.474. The predicted octanol–water partition coefficient (Wildman–Crippen LogP) is 1.66. The topological polar surface area (TPSA) is 66.4 Å². The third-order valence-electron chi connectivity index (χ3n) is 4.80. The van der Waals surface area contributed by atoms with Crippen LogP contribution in [-0.2, 0) is 6.54 Å². The van der Waals surface area contributed by atoms with E-state index in [1.807, 2.05) is 11.8 Å². The van der Waals surface area contributed by atoms with Crippen LogP contribution in [0.25, 0.3) is 10.9 Å². The second-order valence-corrected chi connectivity index (χ2v) is 6.74. The van der Waals surface area contributed by atoms with Crippen LogP contribution in [0.4, 0.5) is 14.5 Å². The van der Waals surface area contributed by atoms with Crippen molar-refractivity contribution in [2.75, 3.05) is 37.8 Å². The molecule has 0 bridgehead atoms. The predicted molar refractivity (Wildman–Crippen MR) is 102 cm³/mol. The lowest BCUT2D eigenvalue weighted by molar-refractivity contribution is 0.0932. The Bertz CT molecular complexity index is 907. The van der Waals surface area contributed by atoms with E-state index in [4.69, 9.17) is 0 Å². The maximum Gasteiger partial charge on any atom is 0.257 e. The summed E-state index contributed by atoms with van der Waals surface area (Å²) in [5.41, 5.74) is 0.365. The summed E-state index contributed by atoms with van der Waals surface area (Å²) in [5.74, 6) is -1.14. The number of nitrogens with zero attached hydrogens (tertiary/aromatic N) is 2. The molecule has 2 aromatic rings. The number of fused-ring (bicyclic) bond motifs is 1. The monoisotopic (exact) mass is 378 g/mol. The zero-order valence-electron chi connectivity index (χ0n) is 15.5. The van der Waals surface area contributed by atoms with Gasteiger partial charge in [-0.2, -0.15) is 0 Å². The molecule has 0 saturated carbocycles. The van der Waals surface area contributed by atoms with Crippen molar-refractivity contribution in [2.24, 2.45) is 0 Å². The van der Waals surface area contributed by atoms with Gasteiger partial charge in [0.05, 0.1) is 17.2 Å². The lowest BCUT2D eigenvalue weighted by atomic mass is 10.1. The maximum absolute atomic E-state index is 14.8. The van der Waals surface area contributed by atoms with Gasteiger partial charge in [0.2, 0.25) is 5.43 Å². The number of alkyl halides is 1. The molecule has 2 heterocycles. The molecule has 0 radical (unpaired) electrons. The van der Waals surface area contributed by atoms with Crippen molar-refractivity contribution in [3.63, 3.8) is 0 Å². The number of hydrogen-bond donors (Lipinski definition) is 2. The van der Waals surface area contributed by atoms with Gasteiger partial charge in [-0.1, -0.05) is 0 Å². The van der Waals surface area contributed by atoms with Crippen molar-refractivity contribution in [1.29, 1.82) is 0 Å². The lowest BCUT2D eigenvalue weighted by Crippen LogP contribution is -2.44. The smallest absolute Gasteiger partial charge is 0.257 e. The van der Waals surface area contributed by atoms with E-state index in [2.05, 4.69) is 10.6 Å². The highest BCUT2D eigenvalue weighted by Crippen LogP contribution is 2.25. The molecule has 2 N–H and O–H groups in total. The van der Waals surface area contributed by atoms with E-state index >= 15 is 0 Å². The minimum absolute atomic E-state index is 0.112. The molecule has 146 valence electrons. The molecular formula is C19H24F2N4O2. The number of rotatable bonds is 5.